The zero-order valence-electron chi connectivity index (χ0n) is 17.7. The van der Waals surface area contributed by atoms with Gasteiger partial charge in [-0.3, -0.25) is 4.79 Å². The average Bonchev–Trinajstić information content (AvgIpc) is 3.07. The van der Waals surface area contributed by atoms with Crippen LogP contribution in [0, 0.1) is 11.6 Å². The van der Waals surface area contributed by atoms with E-state index >= 15 is 0 Å². The second kappa shape index (κ2) is 9.21. The first-order valence-corrected chi connectivity index (χ1v) is 11.7. The summed E-state index contributed by atoms with van der Waals surface area (Å²) in [5.41, 5.74) is -0.125. The molecule has 0 aliphatic carbocycles. The minimum atomic E-state index is -4.17. The molecule has 0 unspecified atom stereocenters. The van der Waals surface area contributed by atoms with Gasteiger partial charge in [0.25, 0.3) is 5.91 Å². The predicted molar refractivity (Wildman–Crippen MR) is 114 cm³/mol. The van der Waals surface area contributed by atoms with Gasteiger partial charge in [-0.25, -0.2) is 26.3 Å². The van der Waals surface area contributed by atoms with Crippen LogP contribution in [-0.2, 0) is 21.2 Å². The molecule has 1 saturated heterocycles. The van der Waals surface area contributed by atoms with Crippen molar-refractivity contribution in [1.29, 1.82) is 0 Å². The third-order valence-electron chi connectivity index (χ3n) is 5.37. The number of likely N-dealkylation sites (tertiary alicyclic amines) is 1. The first kappa shape index (κ1) is 24.2. The molecule has 0 radical (unpaired) electrons. The lowest BCUT2D eigenvalue weighted by Crippen LogP contribution is -2.52. The first-order chi connectivity index (χ1) is 14.9. The number of halogens is 3. The van der Waals surface area contributed by atoms with Crippen molar-refractivity contribution in [2.75, 3.05) is 12.6 Å². The lowest BCUT2D eigenvalue weighted by molar-refractivity contribution is -0.148. The van der Waals surface area contributed by atoms with Crippen LogP contribution in [0.3, 0.4) is 0 Å². The summed E-state index contributed by atoms with van der Waals surface area (Å²) in [6.07, 6.45) is 0.438. The molecular weight excluding hydrogens is 445 g/mol. The summed E-state index contributed by atoms with van der Waals surface area (Å²) >= 11 is 0. The molecule has 0 aromatic heterocycles. The van der Waals surface area contributed by atoms with Crippen molar-refractivity contribution in [2.24, 2.45) is 0 Å². The highest BCUT2D eigenvalue weighted by Gasteiger charge is 2.42. The second-order valence-electron chi connectivity index (χ2n) is 8.42. The number of sulfonamides is 1. The molecule has 1 fully saturated rings. The Morgan fingerprint density at radius 1 is 1.16 bits per heavy atom. The topological polar surface area (TPSA) is 86.7 Å². The molecule has 2 N–H and O–H groups in total. The summed E-state index contributed by atoms with van der Waals surface area (Å²) in [5.74, 6) is -2.01. The van der Waals surface area contributed by atoms with Crippen molar-refractivity contribution in [3.05, 3.63) is 59.7 Å². The number of carbonyl (C=O) groups excluding carboxylic acids is 1. The molecule has 0 saturated carbocycles. The summed E-state index contributed by atoms with van der Waals surface area (Å²) in [6.45, 7) is 2.86. The van der Waals surface area contributed by atoms with Crippen LogP contribution in [0.5, 0.6) is 0 Å². The van der Waals surface area contributed by atoms with Gasteiger partial charge in [0.05, 0.1) is 6.04 Å². The van der Waals surface area contributed by atoms with Gasteiger partial charge in [-0.2, -0.15) is 0 Å². The van der Waals surface area contributed by atoms with Crippen LogP contribution in [0.25, 0.3) is 11.1 Å². The number of nitrogens with one attached hydrogen (secondary N) is 1. The predicted octanol–water partition coefficient (Wildman–Crippen LogP) is 2.76. The van der Waals surface area contributed by atoms with Crippen molar-refractivity contribution in [1.82, 2.24) is 9.62 Å². The van der Waals surface area contributed by atoms with Gasteiger partial charge in [0.2, 0.25) is 16.0 Å². The van der Waals surface area contributed by atoms with Crippen molar-refractivity contribution in [3.63, 3.8) is 0 Å². The summed E-state index contributed by atoms with van der Waals surface area (Å²) in [6, 6.07) is 6.93. The number of alkyl halides is 1. The molecule has 2 atom stereocenters. The smallest absolute Gasteiger partial charge is 0.254 e. The van der Waals surface area contributed by atoms with E-state index in [-0.39, 0.29) is 19.4 Å². The molecule has 3 rings (SSSR count). The minimum Gasteiger partial charge on any atom is -0.381 e. The van der Waals surface area contributed by atoms with Crippen molar-refractivity contribution in [2.45, 2.75) is 44.4 Å². The lowest BCUT2D eigenvalue weighted by atomic mass is 9.96. The van der Waals surface area contributed by atoms with Gasteiger partial charge in [-0.05, 0) is 55.5 Å². The summed E-state index contributed by atoms with van der Waals surface area (Å²) in [5, 5.41) is 10.2. The fourth-order valence-corrected chi connectivity index (χ4v) is 4.75. The summed E-state index contributed by atoms with van der Waals surface area (Å²) in [7, 11) is -4.17. The molecule has 2 aromatic rings. The standard InChI is InChI=1S/C22H25F3N2O4S/c1-22(2,29)21(28)27-7-6-19(26-32(30,31)13-23)20(27)9-14-4-3-5-15(8-14)16-10-17(24)12-18(25)11-16/h3-5,8,10-12,19-20,26,29H,6-7,9,13H2,1-2H3/t19-,20-/m0/s1. The Morgan fingerprint density at radius 3 is 2.41 bits per heavy atom. The third kappa shape index (κ3) is 5.67. The molecular formula is C22H25F3N2O4S. The number of benzene rings is 2. The van der Waals surface area contributed by atoms with E-state index in [1.54, 1.807) is 24.3 Å². The van der Waals surface area contributed by atoms with Gasteiger partial charge in [-0.1, -0.05) is 24.3 Å². The molecule has 1 aliphatic rings. The quantitative estimate of drug-likeness (QED) is 0.652. The van der Waals surface area contributed by atoms with E-state index in [9.17, 15) is 31.5 Å². The molecule has 2 aromatic carbocycles. The van der Waals surface area contributed by atoms with Crippen LogP contribution in [0.1, 0.15) is 25.8 Å². The Kier molecular flexibility index (Phi) is 6.97. The second-order valence-corrected chi connectivity index (χ2v) is 10.1. The maximum absolute atomic E-state index is 13.6. The van der Waals surface area contributed by atoms with E-state index in [2.05, 4.69) is 4.72 Å². The minimum absolute atomic E-state index is 0.182. The summed E-state index contributed by atoms with van der Waals surface area (Å²) in [4.78, 5) is 14.1. The average molecular weight is 471 g/mol. The van der Waals surface area contributed by atoms with Crippen LogP contribution >= 0.6 is 0 Å². The van der Waals surface area contributed by atoms with Gasteiger partial charge < -0.3 is 10.0 Å². The highest BCUT2D eigenvalue weighted by Crippen LogP contribution is 2.28. The molecule has 10 heteroatoms. The van der Waals surface area contributed by atoms with Gasteiger partial charge in [0, 0.05) is 18.7 Å². The van der Waals surface area contributed by atoms with Gasteiger partial charge in [-0.15, -0.1) is 0 Å². The number of aliphatic hydroxyl groups is 1. The number of hydrogen-bond donors (Lipinski definition) is 2. The number of hydrogen-bond acceptors (Lipinski definition) is 4. The number of amides is 1. The number of carbonyl (C=O) groups is 1. The first-order valence-electron chi connectivity index (χ1n) is 10.0. The van der Waals surface area contributed by atoms with E-state index < -0.39 is 51.3 Å². The third-order valence-corrected chi connectivity index (χ3v) is 6.32. The van der Waals surface area contributed by atoms with E-state index in [1.165, 1.54) is 30.9 Å². The van der Waals surface area contributed by atoms with Crippen LogP contribution in [0.4, 0.5) is 13.2 Å². The van der Waals surface area contributed by atoms with Crippen molar-refractivity contribution >= 4 is 15.9 Å². The highest BCUT2D eigenvalue weighted by atomic mass is 32.2. The molecule has 1 heterocycles. The fourth-order valence-electron chi connectivity index (χ4n) is 3.95. The molecule has 0 bridgehead atoms. The Morgan fingerprint density at radius 2 is 1.81 bits per heavy atom. The molecule has 32 heavy (non-hydrogen) atoms. The zero-order valence-corrected chi connectivity index (χ0v) is 18.5. The lowest BCUT2D eigenvalue weighted by Gasteiger charge is -2.32. The van der Waals surface area contributed by atoms with Crippen molar-refractivity contribution < 1.29 is 31.5 Å². The van der Waals surface area contributed by atoms with Crippen molar-refractivity contribution in [3.8, 4) is 11.1 Å². The summed E-state index contributed by atoms with van der Waals surface area (Å²) < 4.78 is 66.1. The largest absolute Gasteiger partial charge is 0.381 e. The van der Waals surface area contributed by atoms with E-state index in [0.29, 0.717) is 16.7 Å². The molecule has 0 spiro atoms. The number of rotatable bonds is 7. The molecule has 1 aliphatic heterocycles. The van der Waals surface area contributed by atoms with Gasteiger partial charge in [0.1, 0.15) is 17.2 Å². The van der Waals surface area contributed by atoms with Gasteiger partial charge >= 0.3 is 0 Å². The molecule has 1 amide bonds. The van der Waals surface area contributed by atoms with E-state index in [1.807, 2.05) is 0 Å². The normalized spacial score (nSPS) is 19.4. The number of nitrogens with zero attached hydrogens (tertiary/aromatic N) is 1. The Hall–Kier alpha value is -2.43. The maximum Gasteiger partial charge on any atom is 0.254 e. The van der Waals surface area contributed by atoms with Crippen LogP contribution in [0.15, 0.2) is 42.5 Å². The monoisotopic (exact) mass is 470 g/mol. The Bertz CT molecular complexity index is 1080. The SMILES string of the molecule is CC(C)(O)C(=O)N1CC[C@H](NS(=O)(=O)CF)[C@@H]1Cc1cccc(-c2cc(F)cc(F)c2)c1. The Labute approximate surface area is 185 Å². The van der Waals surface area contributed by atoms with Crippen LogP contribution in [-0.4, -0.2) is 54.6 Å². The maximum atomic E-state index is 13.6. The van der Waals surface area contributed by atoms with E-state index in [0.717, 1.165) is 6.07 Å². The Balaban J connectivity index is 1.93. The zero-order chi connectivity index (χ0) is 23.7. The van der Waals surface area contributed by atoms with Crippen LogP contribution in [0.2, 0.25) is 0 Å². The molecule has 6 nitrogen and oxygen atoms in total. The van der Waals surface area contributed by atoms with E-state index in [4.69, 9.17) is 0 Å². The fraction of sp³-hybridized carbons (Fsp3) is 0.409. The highest BCUT2D eigenvalue weighted by molar-refractivity contribution is 7.89. The molecule has 174 valence electrons. The van der Waals surface area contributed by atoms with Gasteiger partial charge in [0.15, 0.2) is 0 Å². The van der Waals surface area contributed by atoms with Crippen LogP contribution < -0.4 is 4.72 Å².